The van der Waals surface area contributed by atoms with Crippen LogP contribution in [0.1, 0.15) is 49.4 Å². The summed E-state index contributed by atoms with van der Waals surface area (Å²) >= 11 is 1.11. The number of halogens is 2. The molecule has 2 heterocycles. The van der Waals surface area contributed by atoms with Crippen LogP contribution in [0.15, 0.2) is 69.6 Å². The average molecular weight is 499 g/mol. The number of alkyl halides is 2. The quantitative estimate of drug-likeness (QED) is 0.479. The fraction of sp³-hybridized carbons (Fsp3) is 0.269. The van der Waals surface area contributed by atoms with Gasteiger partial charge >= 0.3 is 12.6 Å². The van der Waals surface area contributed by atoms with E-state index in [0.717, 1.165) is 22.5 Å². The number of thiazole rings is 1. The zero-order chi connectivity index (χ0) is 25.3. The second-order valence-electron chi connectivity index (χ2n) is 8.31. The zero-order valence-corrected chi connectivity index (χ0v) is 20.4. The minimum Gasteiger partial charge on any atom is -0.466 e. The maximum absolute atomic E-state index is 13.6. The summed E-state index contributed by atoms with van der Waals surface area (Å²) < 4.78 is 37.1. The Labute approximate surface area is 204 Å². The first-order valence-corrected chi connectivity index (χ1v) is 11.8. The van der Waals surface area contributed by atoms with Crippen LogP contribution < -0.4 is 19.6 Å². The summed E-state index contributed by atoms with van der Waals surface area (Å²) in [6.07, 6.45) is 1.50. The van der Waals surface area contributed by atoms with Gasteiger partial charge in [-0.15, -0.1) is 0 Å². The lowest BCUT2D eigenvalue weighted by Gasteiger charge is -2.24. The van der Waals surface area contributed by atoms with Gasteiger partial charge in [0.1, 0.15) is 5.75 Å². The number of fused-ring (bicyclic) bond motifs is 1. The van der Waals surface area contributed by atoms with Crippen molar-refractivity contribution in [3.05, 3.63) is 96.2 Å². The standard InChI is InChI=1S/C26H24F2N2O4S/c1-14(2)16-9-11-17(12-10-16)22-21(24(32)33-4)15(3)29-26-30(22)23(31)20(35-26)13-18-7-5-6-8-19(18)34-25(27)28/h5-14,22,25H,1-4H3/b20-13+. The molecule has 0 bridgehead atoms. The summed E-state index contributed by atoms with van der Waals surface area (Å²) in [5.41, 5.74) is 2.51. The van der Waals surface area contributed by atoms with E-state index in [9.17, 15) is 18.4 Å². The molecular weight excluding hydrogens is 474 g/mol. The second-order valence-corrected chi connectivity index (χ2v) is 9.32. The molecule has 0 saturated carbocycles. The van der Waals surface area contributed by atoms with Gasteiger partial charge in [-0.05, 0) is 36.1 Å². The summed E-state index contributed by atoms with van der Waals surface area (Å²) in [5, 5.41) is 0. The Hall–Kier alpha value is -3.59. The predicted octanol–water partition coefficient (Wildman–Crippen LogP) is 4.13. The van der Waals surface area contributed by atoms with Crippen molar-refractivity contribution in [1.82, 2.24) is 4.57 Å². The summed E-state index contributed by atoms with van der Waals surface area (Å²) in [7, 11) is 1.28. The number of rotatable bonds is 6. The van der Waals surface area contributed by atoms with E-state index in [4.69, 9.17) is 4.74 Å². The Morgan fingerprint density at radius 1 is 1.14 bits per heavy atom. The van der Waals surface area contributed by atoms with Gasteiger partial charge in [0.2, 0.25) is 0 Å². The summed E-state index contributed by atoms with van der Waals surface area (Å²) in [6, 6.07) is 13.2. The third-order valence-electron chi connectivity index (χ3n) is 5.77. The van der Waals surface area contributed by atoms with E-state index >= 15 is 0 Å². The Morgan fingerprint density at radius 3 is 2.46 bits per heavy atom. The number of carbonyl (C=O) groups excluding carboxylic acids is 1. The zero-order valence-electron chi connectivity index (χ0n) is 19.6. The van der Waals surface area contributed by atoms with Crippen LogP contribution in [0.2, 0.25) is 0 Å². The van der Waals surface area contributed by atoms with Gasteiger partial charge < -0.3 is 9.47 Å². The van der Waals surface area contributed by atoms with Crippen molar-refractivity contribution < 1.29 is 23.0 Å². The normalized spacial score (nSPS) is 15.9. The molecule has 1 aliphatic heterocycles. The third kappa shape index (κ3) is 4.81. The Morgan fingerprint density at radius 2 is 1.83 bits per heavy atom. The van der Waals surface area contributed by atoms with E-state index in [1.54, 1.807) is 25.1 Å². The van der Waals surface area contributed by atoms with Crippen LogP contribution in [0.3, 0.4) is 0 Å². The molecule has 1 aromatic heterocycles. The van der Waals surface area contributed by atoms with Crippen LogP contribution >= 0.6 is 11.3 Å². The van der Waals surface area contributed by atoms with Crippen molar-refractivity contribution >= 4 is 23.4 Å². The topological polar surface area (TPSA) is 69.9 Å². The smallest absolute Gasteiger partial charge is 0.387 e. The molecule has 0 aliphatic carbocycles. The van der Waals surface area contributed by atoms with Crippen LogP contribution in [-0.4, -0.2) is 24.3 Å². The van der Waals surface area contributed by atoms with E-state index in [1.807, 2.05) is 24.3 Å². The highest BCUT2D eigenvalue weighted by molar-refractivity contribution is 7.07. The van der Waals surface area contributed by atoms with Gasteiger partial charge in [-0.3, -0.25) is 9.36 Å². The van der Waals surface area contributed by atoms with Crippen LogP contribution in [0.25, 0.3) is 6.08 Å². The van der Waals surface area contributed by atoms with E-state index in [0.29, 0.717) is 22.0 Å². The number of allylic oxidation sites excluding steroid dienone is 1. The monoisotopic (exact) mass is 498 g/mol. The lowest BCUT2D eigenvalue weighted by atomic mass is 9.93. The highest BCUT2D eigenvalue weighted by atomic mass is 32.1. The lowest BCUT2D eigenvalue weighted by Crippen LogP contribution is -2.39. The van der Waals surface area contributed by atoms with Gasteiger partial charge in [-0.25, -0.2) is 9.79 Å². The number of aromatic nitrogens is 1. The largest absolute Gasteiger partial charge is 0.466 e. The van der Waals surface area contributed by atoms with Crippen molar-refractivity contribution in [2.75, 3.05) is 7.11 Å². The number of benzene rings is 2. The van der Waals surface area contributed by atoms with Crippen molar-refractivity contribution in [2.24, 2.45) is 4.99 Å². The fourth-order valence-corrected chi connectivity index (χ4v) is 5.05. The predicted molar refractivity (Wildman–Crippen MR) is 129 cm³/mol. The van der Waals surface area contributed by atoms with Crippen LogP contribution in [0.5, 0.6) is 5.75 Å². The Bertz CT molecular complexity index is 1470. The van der Waals surface area contributed by atoms with Gasteiger partial charge in [-0.1, -0.05) is 67.6 Å². The number of hydrogen-bond donors (Lipinski definition) is 0. The molecule has 0 saturated heterocycles. The molecule has 2 aromatic carbocycles. The van der Waals surface area contributed by atoms with Crippen LogP contribution in [-0.2, 0) is 9.53 Å². The Balaban J connectivity index is 1.93. The maximum atomic E-state index is 13.6. The molecule has 0 radical (unpaired) electrons. The number of methoxy groups -OCH3 is 1. The molecule has 0 fully saturated rings. The average Bonchev–Trinajstić information content (AvgIpc) is 3.13. The molecule has 3 aromatic rings. The highest BCUT2D eigenvalue weighted by Gasteiger charge is 2.33. The fourth-order valence-electron chi connectivity index (χ4n) is 4.02. The van der Waals surface area contributed by atoms with Gasteiger partial charge in [0.05, 0.1) is 29.0 Å². The number of ether oxygens (including phenoxy) is 2. The van der Waals surface area contributed by atoms with Gasteiger partial charge in [-0.2, -0.15) is 8.78 Å². The molecule has 0 spiro atoms. The summed E-state index contributed by atoms with van der Waals surface area (Å²) in [4.78, 5) is 31.2. The first-order valence-electron chi connectivity index (χ1n) is 11.0. The number of nitrogens with zero attached hydrogens (tertiary/aromatic N) is 2. The molecule has 6 nitrogen and oxygen atoms in total. The first-order chi connectivity index (χ1) is 16.7. The first kappa shape index (κ1) is 24.5. The van der Waals surface area contributed by atoms with Crippen LogP contribution in [0, 0.1) is 0 Å². The number of para-hydroxylation sites is 1. The van der Waals surface area contributed by atoms with Crippen molar-refractivity contribution in [3.63, 3.8) is 0 Å². The van der Waals surface area contributed by atoms with Gasteiger partial charge in [0.15, 0.2) is 4.80 Å². The minimum atomic E-state index is -3.00. The molecule has 0 amide bonds. The molecule has 35 heavy (non-hydrogen) atoms. The summed E-state index contributed by atoms with van der Waals surface area (Å²) in [6.45, 7) is 2.87. The molecule has 1 aliphatic rings. The molecule has 9 heteroatoms. The van der Waals surface area contributed by atoms with Gasteiger partial charge in [0.25, 0.3) is 5.56 Å². The van der Waals surface area contributed by atoms with Crippen LogP contribution in [0.4, 0.5) is 8.78 Å². The highest BCUT2D eigenvalue weighted by Crippen LogP contribution is 2.31. The number of esters is 1. The SMILES string of the molecule is COC(=O)C1=C(C)N=c2s/c(=C/c3ccccc3OC(F)F)c(=O)n2C1c1ccc(C(C)C)cc1. The molecular formula is C26H24F2N2O4S. The Kier molecular flexibility index (Phi) is 6.98. The molecule has 182 valence electrons. The number of carbonyl (C=O) groups is 1. The van der Waals surface area contributed by atoms with E-state index in [1.165, 1.54) is 23.8 Å². The van der Waals surface area contributed by atoms with Crippen molar-refractivity contribution in [2.45, 2.75) is 39.3 Å². The molecule has 1 atom stereocenters. The second kappa shape index (κ2) is 9.95. The van der Waals surface area contributed by atoms with E-state index < -0.39 is 24.2 Å². The van der Waals surface area contributed by atoms with Crippen molar-refractivity contribution in [3.8, 4) is 5.75 Å². The molecule has 4 rings (SSSR count). The van der Waals surface area contributed by atoms with Crippen molar-refractivity contribution in [1.29, 1.82) is 0 Å². The van der Waals surface area contributed by atoms with E-state index in [2.05, 4.69) is 23.6 Å². The molecule has 1 unspecified atom stereocenters. The minimum absolute atomic E-state index is 0.0411. The maximum Gasteiger partial charge on any atom is 0.387 e. The van der Waals surface area contributed by atoms with E-state index in [-0.39, 0.29) is 15.9 Å². The van der Waals surface area contributed by atoms with Gasteiger partial charge in [0, 0.05) is 5.56 Å². The third-order valence-corrected chi connectivity index (χ3v) is 6.75. The lowest BCUT2D eigenvalue weighted by molar-refractivity contribution is -0.136. The number of hydrogen-bond acceptors (Lipinski definition) is 6. The molecule has 0 N–H and O–H groups in total. The summed E-state index contributed by atoms with van der Waals surface area (Å²) in [5.74, 6) is -0.298.